The topological polar surface area (TPSA) is 63.0 Å². The number of ether oxygens (including phenoxy) is 1. The minimum atomic E-state index is -0.464. The van der Waals surface area contributed by atoms with Gasteiger partial charge in [-0.15, -0.1) is 0 Å². The van der Waals surface area contributed by atoms with Gasteiger partial charge < -0.3 is 14.1 Å². The first-order chi connectivity index (χ1) is 10.4. The number of likely N-dealkylation sites (tertiary alicyclic amines) is 1. The molecule has 1 aromatic rings. The van der Waals surface area contributed by atoms with Crippen LogP contribution in [0.15, 0.2) is 16.5 Å². The number of amides is 1. The second-order valence-corrected chi connectivity index (χ2v) is 5.93. The molecule has 2 rings (SSSR count). The van der Waals surface area contributed by atoms with Crippen LogP contribution >= 0.6 is 0 Å². The van der Waals surface area contributed by atoms with E-state index < -0.39 is 5.97 Å². The van der Waals surface area contributed by atoms with Gasteiger partial charge in [-0.05, 0) is 38.4 Å². The van der Waals surface area contributed by atoms with Crippen molar-refractivity contribution in [3.63, 3.8) is 0 Å². The molecule has 6 nitrogen and oxygen atoms in total. The van der Waals surface area contributed by atoms with Crippen molar-refractivity contribution in [1.29, 1.82) is 0 Å². The summed E-state index contributed by atoms with van der Waals surface area (Å²) in [6.45, 7) is 6.20. The molecular weight excluding hydrogens is 284 g/mol. The molecule has 0 aliphatic carbocycles. The van der Waals surface area contributed by atoms with Gasteiger partial charge in [0.05, 0.1) is 13.2 Å². The van der Waals surface area contributed by atoms with E-state index in [2.05, 4.69) is 9.64 Å². The minimum Gasteiger partial charge on any atom is -0.463 e. The number of hydrogen-bond acceptors (Lipinski definition) is 5. The number of carbonyl (C=O) groups is 2. The number of carbonyl (C=O) groups excluding carboxylic acids is 2. The Morgan fingerprint density at radius 3 is 2.82 bits per heavy atom. The minimum absolute atomic E-state index is 0.0600. The van der Waals surface area contributed by atoms with Gasteiger partial charge in [0.2, 0.25) is 11.7 Å². The molecule has 2 atom stereocenters. The van der Waals surface area contributed by atoms with Crippen LogP contribution in [0.1, 0.15) is 42.6 Å². The molecule has 2 heterocycles. The normalized spacial score (nSPS) is 19.5. The summed E-state index contributed by atoms with van der Waals surface area (Å²) < 4.78 is 10.2. The number of esters is 1. The molecule has 1 aliphatic heterocycles. The Morgan fingerprint density at radius 2 is 2.23 bits per heavy atom. The SMILES string of the molecule is COC(=O)c1ccc([C@H](C)N(C)C[C@H]2CCN(C(C)=O)C2)o1. The van der Waals surface area contributed by atoms with Crippen molar-refractivity contribution in [3.8, 4) is 0 Å². The standard InChI is InChI=1S/C16H24N2O4/c1-11(14-5-6-15(22-14)16(20)21-4)17(3)9-13-7-8-18(10-13)12(2)19/h5-6,11,13H,7-10H2,1-4H3/t11-,13+/m0/s1. The first-order valence-electron chi connectivity index (χ1n) is 7.56. The summed E-state index contributed by atoms with van der Waals surface area (Å²) in [7, 11) is 3.36. The average molecular weight is 308 g/mol. The van der Waals surface area contributed by atoms with Crippen molar-refractivity contribution in [3.05, 3.63) is 23.7 Å². The fourth-order valence-corrected chi connectivity index (χ4v) is 2.84. The highest BCUT2D eigenvalue weighted by atomic mass is 16.5. The largest absolute Gasteiger partial charge is 0.463 e. The van der Waals surface area contributed by atoms with Crippen molar-refractivity contribution < 1.29 is 18.7 Å². The van der Waals surface area contributed by atoms with Crippen molar-refractivity contribution in [2.45, 2.75) is 26.3 Å². The maximum atomic E-state index is 11.4. The van der Waals surface area contributed by atoms with Gasteiger partial charge in [-0.2, -0.15) is 0 Å². The zero-order valence-corrected chi connectivity index (χ0v) is 13.7. The van der Waals surface area contributed by atoms with Crippen molar-refractivity contribution >= 4 is 11.9 Å². The third kappa shape index (κ3) is 3.68. The zero-order valence-electron chi connectivity index (χ0n) is 13.7. The number of hydrogen-bond donors (Lipinski definition) is 0. The fraction of sp³-hybridized carbons (Fsp3) is 0.625. The van der Waals surface area contributed by atoms with E-state index >= 15 is 0 Å². The Morgan fingerprint density at radius 1 is 1.50 bits per heavy atom. The molecule has 0 aromatic carbocycles. The van der Waals surface area contributed by atoms with Gasteiger partial charge in [0.1, 0.15) is 5.76 Å². The van der Waals surface area contributed by atoms with E-state index in [9.17, 15) is 9.59 Å². The Hall–Kier alpha value is -1.82. The first-order valence-corrected chi connectivity index (χ1v) is 7.56. The molecule has 122 valence electrons. The highest BCUT2D eigenvalue weighted by Gasteiger charge is 2.27. The third-order valence-corrected chi connectivity index (χ3v) is 4.36. The summed E-state index contributed by atoms with van der Waals surface area (Å²) in [4.78, 5) is 26.9. The van der Waals surface area contributed by atoms with Gasteiger partial charge in [-0.3, -0.25) is 9.69 Å². The Bertz CT molecular complexity index is 540. The van der Waals surface area contributed by atoms with E-state index in [1.165, 1.54) is 7.11 Å². The number of furan rings is 1. The highest BCUT2D eigenvalue weighted by Crippen LogP contribution is 2.25. The van der Waals surface area contributed by atoms with Crippen molar-refractivity contribution in [2.24, 2.45) is 5.92 Å². The molecule has 0 bridgehead atoms. The lowest BCUT2D eigenvalue weighted by molar-refractivity contribution is -0.127. The van der Waals surface area contributed by atoms with Gasteiger partial charge in [0.25, 0.3) is 0 Å². The second kappa shape index (κ2) is 6.96. The maximum Gasteiger partial charge on any atom is 0.373 e. The molecule has 0 unspecified atom stereocenters. The molecular formula is C16H24N2O4. The number of rotatable bonds is 5. The molecule has 0 spiro atoms. The van der Waals surface area contributed by atoms with Gasteiger partial charge in [-0.1, -0.05) is 0 Å². The van der Waals surface area contributed by atoms with Crippen LogP contribution < -0.4 is 0 Å². The summed E-state index contributed by atoms with van der Waals surface area (Å²) in [6, 6.07) is 3.51. The van der Waals surface area contributed by atoms with E-state index in [-0.39, 0.29) is 17.7 Å². The van der Waals surface area contributed by atoms with E-state index in [0.717, 1.165) is 31.8 Å². The lowest BCUT2D eigenvalue weighted by atomic mass is 10.1. The molecule has 6 heteroatoms. The van der Waals surface area contributed by atoms with Gasteiger partial charge >= 0.3 is 5.97 Å². The van der Waals surface area contributed by atoms with E-state index in [1.807, 2.05) is 24.9 Å². The van der Waals surface area contributed by atoms with E-state index in [4.69, 9.17) is 4.42 Å². The molecule has 1 aliphatic rings. The van der Waals surface area contributed by atoms with Crippen LogP contribution in [-0.4, -0.2) is 55.5 Å². The quantitative estimate of drug-likeness (QED) is 0.778. The van der Waals surface area contributed by atoms with Crippen molar-refractivity contribution in [1.82, 2.24) is 9.80 Å². The Labute approximate surface area is 131 Å². The molecule has 1 aromatic heterocycles. The predicted octanol–water partition coefficient (Wildman–Crippen LogP) is 1.93. The number of nitrogens with zero attached hydrogens (tertiary/aromatic N) is 2. The van der Waals surface area contributed by atoms with Crippen LogP contribution in [0.2, 0.25) is 0 Å². The van der Waals surface area contributed by atoms with E-state index in [1.54, 1.807) is 13.0 Å². The van der Waals surface area contributed by atoms with Gasteiger partial charge in [0.15, 0.2) is 0 Å². The van der Waals surface area contributed by atoms with Crippen LogP contribution in [0.3, 0.4) is 0 Å². The monoisotopic (exact) mass is 308 g/mol. The molecule has 0 saturated carbocycles. The van der Waals surface area contributed by atoms with Crippen LogP contribution in [0.5, 0.6) is 0 Å². The third-order valence-electron chi connectivity index (χ3n) is 4.36. The van der Waals surface area contributed by atoms with E-state index in [0.29, 0.717) is 5.92 Å². The summed E-state index contributed by atoms with van der Waals surface area (Å²) in [6.07, 6.45) is 1.03. The molecule has 0 radical (unpaired) electrons. The van der Waals surface area contributed by atoms with Gasteiger partial charge in [-0.25, -0.2) is 4.79 Å². The van der Waals surface area contributed by atoms with Crippen LogP contribution in [0, 0.1) is 5.92 Å². The highest BCUT2D eigenvalue weighted by molar-refractivity contribution is 5.86. The number of methoxy groups -OCH3 is 1. The van der Waals surface area contributed by atoms with Crippen LogP contribution in [-0.2, 0) is 9.53 Å². The molecule has 1 saturated heterocycles. The molecule has 0 N–H and O–H groups in total. The average Bonchev–Trinajstić information content (AvgIpc) is 3.14. The summed E-state index contributed by atoms with van der Waals surface area (Å²) in [5.74, 6) is 1.12. The summed E-state index contributed by atoms with van der Waals surface area (Å²) in [5.41, 5.74) is 0. The smallest absolute Gasteiger partial charge is 0.373 e. The first kappa shape index (κ1) is 16.5. The molecule has 22 heavy (non-hydrogen) atoms. The van der Waals surface area contributed by atoms with Gasteiger partial charge in [0, 0.05) is 26.6 Å². The van der Waals surface area contributed by atoms with Crippen LogP contribution in [0.4, 0.5) is 0 Å². The Kier molecular flexibility index (Phi) is 5.24. The second-order valence-electron chi connectivity index (χ2n) is 5.93. The predicted molar refractivity (Wildman–Crippen MR) is 81.5 cm³/mol. The summed E-state index contributed by atoms with van der Waals surface area (Å²) in [5, 5.41) is 0. The zero-order chi connectivity index (χ0) is 16.3. The fourth-order valence-electron chi connectivity index (χ4n) is 2.84. The molecule has 1 amide bonds. The lowest BCUT2D eigenvalue weighted by Crippen LogP contribution is -2.31. The summed E-state index contributed by atoms with van der Waals surface area (Å²) >= 11 is 0. The maximum absolute atomic E-state index is 11.4. The van der Waals surface area contributed by atoms with Crippen LogP contribution in [0.25, 0.3) is 0 Å². The molecule has 1 fully saturated rings. The van der Waals surface area contributed by atoms with Crippen molar-refractivity contribution in [2.75, 3.05) is 33.8 Å². The Balaban J connectivity index is 1.92. The lowest BCUT2D eigenvalue weighted by Gasteiger charge is -2.26.